The lowest BCUT2D eigenvalue weighted by Crippen LogP contribution is -2.22. The minimum atomic E-state index is 0.299. The van der Waals surface area contributed by atoms with Crippen LogP contribution in [0.25, 0.3) is 0 Å². The minimum absolute atomic E-state index is 0.299. The van der Waals surface area contributed by atoms with Gasteiger partial charge in [0.25, 0.3) is 0 Å². The molecule has 0 saturated heterocycles. The summed E-state index contributed by atoms with van der Waals surface area (Å²) < 4.78 is 0.837. The summed E-state index contributed by atoms with van der Waals surface area (Å²) in [6, 6.07) is 10.3. The standard InChI is InChI=1S/C13H15ClN2S/c1-2-15-11(12-6-7-13(14)17-12)9-10-5-3-4-8-16-10/h3-8,11,15H,2,9H2,1H3. The Labute approximate surface area is 111 Å². The number of hydrogen-bond donors (Lipinski definition) is 1. The van der Waals surface area contributed by atoms with Crippen LogP contribution >= 0.6 is 22.9 Å². The Morgan fingerprint density at radius 1 is 1.35 bits per heavy atom. The van der Waals surface area contributed by atoms with E-state index in [9.17, 15) is 0 Å². The lowest BCUT2D eigenvalue weighted by Gasteiger charge is -2.15. The molecule has 1 N–H and O–H groups in total. The van der Waals surface area contributed by atoms with E-state index >= 15 is 0 Å². The Morgan fingerprint density at radius 2 is 2.24 bits per heavy atom. The van der Waals surface area contributed by atoms with Gasteiger partial charge in [-0.1, -0.05) is 24.6 Å². The van der Waals surface area contributed by atoms with Crippen molar-refractivity contribution < 1.29 is 0 Å². The molecule has 1 unspecified atom stereocenters. The Bertz CT molecular complexity index is 455. The van der Waals surface area contributed by atoms with Crippen molar-refractivity contribution in [1.29, 1.82) is 0 Å². The van der Waals surface area contributed by atoms with Crippen LogP contribution in [0.4, 0.5) is 0 Å². The van der Waals surface area contributed by atoms with E-state index in [1.54, 1.807) is 11.3 Å². The second-order valence-corrected chi connectivity index (χ2v) is 5.52. The van der Waals surface area contributed by atoms with E-state index in [4.69, 9.17) is 11.6 Å². The van der Waals surface area contributed by atoms with Crippen molar-refractivity contribution in [3.05, 3.63) is 51.4 Å². The number of pyridine rings is 1. The average molecular weight is 267 g/mol. The molecule has 0 aliphatic rings. The maximum Gasteiger partial charge on any atom is 0.0931 e. The molecule has 0 radical (unpaired) electrons. The molecular formula is C13H15ClN2S. The Hall–Kier alpha value is -0.900. The van der Waals surface area contributed by atoms with Crippen LogP contribution in [-0.4, -0.2) is 11.5 Å². The largest absolute Gasteiger partial charge is 0.309 e. The zero-order valence-corrected chi connectivity index (χ0v) is 11.3. The Morgan fingerprint density at radius 3 is 2.82 bits per heavy atom. The van der Waals surface area contributed by atoms with Gasteiger partial charge in [-0.25, -0.2) is 0 Å². The monoisotopic (exact) mass is 266 g/mol. The fourth-order valence-electron chi connectivity index (χ4n) is 1.76. The molecule has 2 aromatic rings. The SMILES string of the molecule is CCNC(Cc1ccccn1)c1ccc(Cl)s1. The third-order valence-corrected chi connectivity index (χ3v) is 3.87. The first-order chi connectivity index (χ1) is 8.29. The summed E-state index contributed by atoms with van der Waals surface area (Å²) in [5.41, 5.74) is 1.10. The van der Waals surface area contributed by atoms with Gasteiger partial charge in [-0.05, 0) is 30.8 Å². The molecule has 0 bridgehead atoms. The van der Waals surface area contributed by atoms with Crippen molar-refractivity contribution in [1.82, 2.24) is 10.3 Å². The van der Waals surface area contributed by atoms with Crippen LogP contribution in [0.1, 0.15) is 23.5 Å². The van der Waals surface area contributed by atoms with E-state index in [0.29, 0.717) is 6.04 Å². The van der Waals surface area contributed by atoms with Crippen LogP contribution < -0.4 is 5.32 Å². The lowest BCUT2D eigenvalue weighted by molar-refractivity contribution is 0.552. The maximum absolute atomic E-state index is 5.98. The van der Waals surface area contributed by atoms with Gasteiger partial charge >= 0.3 is 0 Å². The van der Waals surface area contributed by atoms with Gasteiger partial charge in [-0.2, -0.15) is 0 Å². The van der Waals surface area contributed by atoms with Crippen molar-refractivity contribution >= 4 is 22.9 Å². The van der Waals surface area contributed by atoms with Gasteiger partial charge in [0.15, 0.2) is 0 Å². The predicted octanol–water partition coefficient (Wildman–Crippen LogP) is 3.69. The second-order valence-electron chi connectivity index (χ2n) is 3.78. The van der Waals surface area contributed by atoms with Gasteiger partial charge < -0.3 is 5.32 Å². The summed E-state index contributed by atoms with van der Waals surface area (Å²) >= 11 is 7.61. The van der Waals surface area contributed by atoms with Gasteiger partial charge in [-0.15, -0.1) is 11.3 Å². The van der Waals surface area contributed by atoms with Gasteiger partial charge in [0.2, 0.25) is 0 Å². The summed E-state index contributed by atoms with van der Waals surface area (Å²) in [6.07, 6.45) is 2.73. The fourth-order valence-corrected chi connectivity index (χ4v) is 2.90. The second kappa shape index (κ2) is 6.15. The highest BCUT2D eigenvalue weighted by molar-refractivity contribution is 7.16. The van der Waals surface area contributed by atoms with E-state index in [1.807, 2.05) is 24.4 Å². The molecule has 0 aliphatic heterocycles. The molecule has 90 valence electrons. The van der Waals surface area contributed by atoms with Crippen molar-refractivity contribution in [2.75, 3.05) is 6.54 Å². The molecule has 4 heteroatoms. The summed E-state index contributed by atoms with van der Waals surface area (Å²) in [5, 5.41) is 3.47. The van der Waals surface area contributed by atoms with Gasteiger partial charge in [0, 0.05) is 29.2 Å². The minimum Gasteiger partial charge on any atom is -0.309 e. The zero-order chi connectivity index (χ0) is 12.1. The number of likely N-dealkylation sites (N-methyl/N-ethyl adjacent to an activating group) is 1. The quantitative estimate of drug-likeness (QED) is 0.893. The third-order valence-electron chi connectivity index (χ3n) is 2.53. The molecule has 0 fully saturated rings. The number of hydrogen-bond acceptors (Lipinski definition) is 3. The van der Waals surface area contributed by atoms with Crippen molar-refractivity contribution in [3.8, 4) is 0 Å². The highest BCUT2D eigenvalue weighted by atomic mass is 35.5. The highest BCUT2D eigenvalue weighted by Crippen LogP contribution is 2.28. The molecular weight excluding hydrogens is 252 g/mol. The summed E-state index contributed by atoms with van der Waals surface area (Å²) in [5.74, 6) is 0. The number of aromatic nitrogens is 1. The predicted molar refractivity (Wildman–Crippen MR) is 73.7 cm³/mol. The first-order valence-corrected chi connectivity index (χ1v) is 6.87. The average Bonchev–Trinajstić information content (AvgIpc) is 2.77. The number of nitrogens with one attached hydrogen (secondary N) is 1. The number of rotatable bonds is 5. The molecule has 1 atom stereocenters. The molecule has 2 nitrogen and oxygen atoms in total. The van der Waals surface area contributed by atoms with E-state index in [1.165, 1.54) is 4.88 Å². The summed E-state index contributed by atoms with van der Waals surface area (Å²) in [7, 11) is 0. The van der Waals surface area contributed by atoms with Crippen molar-refractivity contribution in [3.63, 3.8) is 0 Å². The number of thiophene rings is 1. The van der Waals surface area contributed by atoms with Crippen LogP contribution in [0.5, 0.6) is 0 Å². The van der Waals surface area contributed by atoms with Gasteiger partial charge in [-0.3, -0.25) is 4.98 Å². The first-order valence-electron chi connectivity index (χ1n) is 5.68. The number of halogens is 1. The topological polar surface area (TPSA) is 24.9 Å². The molecule has 0 aromatic carbocycles. The lowest BCUT2D eigenvalue weighted by atomic mass is 10.1. The Balaban J connectivity index is 2.13. The van der Waals surface area contributed by atoms with E-state index < -0.39 is 0 Å². The van der Waals surface area contributed by atoms with Crippen LogP contribution in [0.15, 0.2) is 36.5 Å². The molecule has 0 amide bonds. The van der Waals surface area contributed by atoms with Crippen molar-refractivity contribution in [2.45, 2.75) is 19.4 Å². The first kappa shape index (κ1) is 12.6. The van der Waals surface area contributed by atoms with Crippen LogP contribution in [0.2, 0.25) is 4.34 Å². The summed E-state index contributed by atoms with van der Waals surface area (Å²) in [4.78, 5) is 5.63. The molecule has 2 rings (SSSR count). The zero-order valence-electron chi connectivity index (χ0n) is 9.69. The van der Waals surface area contributed by atoms with Crippen LogP contribution in [0.3, 0.4) is 0 Å². The van der Waals surface area contributed by atoms with Gasteiger partial charge in [0.05, 0.1) is 4.34 Å². The van der Waals surface area contributed by atoms with Gasteiger partial charge in [0.1, 0.15) is 0 Å². The smallest absolute Gasteiger partial charge is 0.0931 e. The van der Waals surface area contributed by atoms with E-state index in [-0.39, 0.29) is 0 Å². The molecule has 2 aromatic heterocycles. The third kappa shape index (κ3) is 3.53. The maximum atomic E-state index is 5.98. The van der Waals surface area contributed by atoms with E-state index in [0.717, 1.165) is 23.0 Å². The van der Waals surface area contributed by atoms with Crippen LogP contribution in [-0.2, 0) is 6.42 Å². The molecule has 17 heavy (non-hydrogen) atoms. The normalized spacial score (nSPS) is 12.6. The van der Waals surface area contributed by atoms with E-state index in [2.05, 4.69) is 29.4 Å². The molecule has 2 heterocycles. The number of nitrogens with zero attached hydrogens (tertiary/aromatic N) is 1. The molecule has 0 saturated carbocycles. The van der Waals surface area contributed by atoms with Crippen molar-refractivity contribution in [2.24, 2.45) is 0 Å². The fraction of sp³-hybridized carbons (Fsp3) is 0.308. The Kier molecular flexibility index (Phi) is 4.54. The molecule has 0 spiro atoms. The highest BCUT2D eigenvalue weighted by Gasteiger charge is 2.13. The summed E-state index contributed by atoms with van der Waals surface area (Å²) in [6.45, 7) is 3.05. The van der Waals surface area contributed by atoms with Crippen LogP contribution in [0, 0.1) is 0 Å². The molecule has 0 aliphatic carbocycles.